The Labute approximate surface area is 119 Å². The van der Waals surface area contributed by atoms with Crippen molar-refractivity contribution in [1.82, 2.24) is 5.32 Å². The number of anilines is 1. The van der Waals surface area contributed by atoms with Crippen LogP contribution in [0.2, 0.25) is 0 Å². The van der Waals surface area contributed by atoms with Gasteiger partial charge in [0.1, 0.15) is 5.75 Å². The number of carbonyl (C=O) groups excluding carboxylic acids is 1. The van der Waals surface area contributed by atoms with E-state index < -0.39 is 0 Å². The van der Waals surface area contributed by atoms with Crippen molar-refractivity contribution in [2.75, 3.05) is 39.7 Å². The molecule has 0 aliphatic carbocycles. The minimum absolute atomic E-state index is 0.177. The number of nitrogens with one attached hydrogen (secondary N) is 1. The molecule has 0 fully saturated rings. The van der Waals surface area contributed by atoms with E-state index >= 15 is 0 Å². The van der Waals surface area contributed by atoms with Crippen LogP contribution in [0.3, 0.4) is 0 Å². The van der Waals surface area contributed by atoms with Gasteiger partial charge >= 0.3 is 0 Å². The maximum absolute atomic E-state index is 12.0. The molecule has 112 valence electrons. The molecular weight excluding hydrogens is 260 g/mol. The maximum atomic E-state index is 12.0. The monoisotopic (exact) mass is 282 g/mol. The second-order valence-corrected chi connectivity index (χ2v) is 4.21. The quantitative estimate of drug-likeness (QED) is 0.697. The van der Waals surface area contributed by atoms with Crippen LogP contribution in [0, 0.1) is 0 Å². The lowest BCUT2D eigenvalue weighted by Gasteiger charge is -2.15. The smallest absolute Gasteiger partial charge is 0.251 e. The summed E-state index contributed by atoms with van der Waals surface area (Å²) in [6, 6.07) is 4.96. The molecule has 1 aromatic carbocycles. The predicted octanol–water partition coefficient (Wildman–Crippen LogP) is 1.06. The molecule has 0 spiro atoms. The van der Waals surface area contributed by atoms with Crippen LogP contribution in [-0.2, 0) is 9.47 Å². The third-order valence-corrected chi connectivity index (χ3v) is 2.75. The highest BCUT2D eigenvalue weighted by Crippen LogP contribution is 2.22. The van der Waals surface area contributed by atoms with E-state index in [1.165, 1.54) is 0 Å². The number of ether oxygens (including phenoxy) is 3. The fraction of sp³-hybridized carbons (Fsp3) is 0.500. The Bertz CT molecular complexity index is 437. The van der Waals surface area contributed by atoms with Crippen molar-refractivity contribution in [3.05, 3.63) is 23.8 Å². The van der Waals surface area contributed by atoms with Gasteiger partial charge in [0, 0.05) is 26.3 Å². The van der Waals surface area contributed by atoms with Gasteiger partial charge in [-0.25, -0.2) is 0 Å². The SMILES string of the molecule is CCOc1ccc(C(=O)NCC(COC)OC)cc1N. The van der Waals surface area contributed by atoms with Gasteiger partial charge in [0.2, 0.25) is 0 Å². The normalized spacial score (nSPS) is 11.9. The van der Waals surface area contributed by atoms with E-state index in [4.69, 9.17) is 19.9 Å². The van der Waals surface area contributed by atoms with E-state index in [0.29, 0.717) is 36.8 Å². The van der Waals surface area contributed by atoms with E-state index in [1.807, 2.05) is 6.92 Å². The molecule has 0 bridgehead atoms. The summed E-state index contributed by atoms with van der Waals surface area (Å²) < 4.78 is 15.5. The van der Waals surface area contributed by atoms with Crippen molar-refractivity contribution in [3.8, 4) is 5.75 Å². The lowest BCUT2D eigenvalue weighted by molar-refractivity contribution is 0.0285. The second-order valence-electron chi connectivity index (χ2n) is 4.21. The van der Waals surface area contributed by atoms with Crippen LogP contribution in [-0.4, -0.2) is 46.0 Å². The largest absolute Gasteiger partial charge is 0.492 e. The number of nitrogen functional groups attached to an aromatic ring is 1. The Hall–Kier alpha value is -1.79. The second kappa shape index (κ2) is 8.39. The molecule has 1 atom stereocenters. The Morgan fingerprint density at radius 1 is 1.40 bits per heavy atom. The number of amides is 1. The number of benzene rings is 1. The molecule has 3 N–H and O–H groups in total. The van der Waals surface area contributed by atoms with E-state index in [0.717, 1.165) is 0 Å². The summed E-state index contributed by atoms with van der Waals surface area (Å²) in [5.74, 6) is 0.371. The van der Waals surface area contributed by atoms with Crippen LogP contribution in [0.5, 0.6) is 5.75 Å². The zero-order valence-electron chi connectivity index (χ0n) is 12.1. The van der Waals surface area contributed by atoms with Gasteiger partial charge in [-0.1, -0.05) is 0 Å². The zero-order valence-corrected chi connectivity index (χ0v) is 12.1. The minimum Gasteiger partial charge on any atom is -0.492 e. The molecule has 0 aliphatic heterocycles. The standard InChI is InChI=1S/C14H22N2O4/c1-4-20-13-6-5-10(7-12(13)15)14(17)16-8-11(19-3)9-18-2/h5-7,11H,4,8-9,15H2,1-3H3,(H,16,17). The third kappa shape index (κ3) is 4.71. The number of carbonyl (C=O) groups is 1. The summed E-state index contributed by atoms with van der Waals surface area (Å²) in [6.45, 7) is 3.20. The number of methoxy groups -OCH3 is 2. The molecule has 6 nitrogen and oxygen atoms in total. The molecule has 0 saturated heterocycles. The van der Waals surface area contributed by atoms with Crippen molar-refractivity contribution in [1.29, 1.82) is 0 Å². The van der Waals surface area contributed by atoms with Crippen molar-refractivity contribution < 1.29 is 19.0 Å². The van der Waals surface area contributed by atoms with Gasteiger partial charge in [-0.2, -0.15) is 0 Å². The molecule has 20 heavy (non-hydrogen) atoms. The maximum Gasteiger partial charge on any atom is 0.251 e. The first-order valence-corrected chi connectivity index (χ1v) is 6.44. The van der Waals surface area contributed by atoms with Gasteiger partial charge in [-0.05, 0) is 25.1 Å². The van der Waals surface area contributed by atoms with Gasteiger partial charge in [-0.3, -0.25) is 4.79 Å². The van der Waals surface area contributed by atoms with E-state index in [2.05, 4.69) is 5.32 Å². The topological polar surface area (TPSA) is 82.8 Å². The molecule has 0 heterocycles. The average Bonchev–Trinajstić information content (AvgIpc) is 2.45. The molecule has 0 radical (unpaired) electrons. The first kappa shape index (κ1) is 16.3. The van der Waals surface area contributed by atoms with Crippen molar-refractivity contribution in [3.63, 3.8) is 0 Å². The fourth-order valence-electron chi connectivity index (χ4n) is 1.68. The molecule has 1 unspecified atom stereocenters. The van der Waals surface area contributed by atoms with E-state index in [1.54, 1.807) is 32.4 Å². The fourth-order valence-corrected chi connectivity index (χ4v) is 1.68. The molecule has 0 saturated carbocycles. The molecular formula is C14H22N2O4. The zero-order chi connectivity index (χ0) is 15.0. The molecule has 0 aromatic heterocycles. The molecule has 1 rings (SSSR count). The van der Waals surface area contributed by atoms with Crippen LogP contribution in [0.15, 0.2) is 18.2 Å². The molecule has 1 amide bonds. The van der Waals surface area contributed by atoms with E-state index in [9.17, 15) is 4.79 Å². The lowest BCUT2D eigenvalue weighted by atomic mass is 10.1. The van der Waals surface area contributed by atoms with Crippen molar-refractivity contribution in [2.24, 2.45) is 0 Å². The highest BCUT2D eigenvalue weighted by molar-refractivity contribution is 5.95. The first-order valence-electron chi connectivity index (χ1n) is 6.44. The number of hydrogen-bond acceptors (Lipinski definition) is 5. The van der Waals surface area contributed by atoms with Crippen LogP contribution in [0.25, 0.3) is 0 Å². The van der Waals surface area contributed by atoms with Crippen LogP contribution in [0.4, 0.5) is 5.69 Å². The van der Waals surface area contributed by atoms with Crippen molar-refractivity contribution >= 4 is 11.6 Å². The first-order chi connectivity index (χ1) is 9.62. The van der Waals surface area contributed by atoms with E-state index in [-0.39, 0.29) is 12.0 Å². The molecule has 6 heteroatoms. The van der Waals surface area contributed by atoms with Gasteiger partial charge in [0.05, 0.1) is 25.0 Å². The average molecular weight is 282 g/mol. The Morgan fingerprint density at radius 2 is 2.15 bits per heavy atom. The minimum atomic E-state index is -0.210. The number of nitrogens with two attached hydrogens (primary N) is 1. The van der Waals surface area contributed by atoms with Gasteiger partial charge in [0.25, 0.3) is 5.91 Å². The lowest BCUT2D eigenvalue weighted by Crippen LogP contribution is -2.35. The number of rotatable bonds is 8. The highest BCUT2D eigenvalue weighted by atomic mass is 16.5. The third-order valence-electron chi connectivity index (χ3n) is 2.75. The predicted molar refractivity (Wildman–Crippen MR) is 77.0 cm³/mol. The summed E-state index contributed by atoms with van der Waals surface area (Å²) in [6.07, 6.45) is -0.177. The van der Waals surface area contributed by atoms with Gasteiger partial charge < -0.3 is 25.3 Å². The Kier molecular flexibility index (Phi) is 6.83. The summed E-state index contributed by atoms with van der Waals surface area (Å²) in [5, 5.41) is 2.77. The summed E-state index contributed by atoms with van der Waals surface area (Å²) in [4.78, 5) is 12.0. The molecule has 0 aliphatic rings. The van der Waals surface area contributed by atoms with Gasteiger partial charge in [-0.15, -0.1) is 0 Å². The molecule has 1 aromatic rings. The number of hydrogen-bond donors (Lipinski definition) is 2. The Balaban J connectivity index is 2.61. The highest BCUT2D eigenvalue weighted by Gasteiger charge is 2.12. The van der Waals surface area contributed by atoms with Crippen molar-refractivity contribution in [2.45, 2.75) is 13.0 Å². The summed E-state index contributed by atoms with van der Waals surface area (Å²) in [7, 11) is 3.16. The summed E-state index contributed by atoms with van der Waals surface area (Å²) in [5.41, 5.74) is 6.75. The van der Waals surface area contributed by atoms with Crippen LogP contribution >= 0.6 is 0 Å². The Morgan fingerprint density at radius 3 is 2.70 bits per heavy atom. The summed E-state index contributed by atoms with van der Waals surface area (Å²) >= 11 is 0. The van der Waals surface area contributed by atoms with Crippen LogP contribution < -0.4 is 15.8 Å². The van der Waals surface area contributed by atoms with Crippen LogP contribution in [0.1, 0.15) is 17.3 Å². The van der Waals surface area contributed by atoms with Gasteiger partial charge in [0.15, 0.2) is 0 Å².